The van der Waals surface area contributed by atoms with Crippen LogP contribution in [0.25, 0.3) is 0 Å². The molecule has 0 bridgehead atoms. The monoisotopic (exact) mass is 182 g/mol. The maximum Gasteiger partial charge on any atom is 0.256 e. The molecule has 13 heavy (non-hydrogen) atoms. The van der Waals surface area contributed by atoms with E-state index < -0.39 is 5.97 Å². The fourth-order valence-electron chi connectivity index (χ4n) is 1.50. The highest BCUT2D eigenvalue weighted by atomic mass is 16.4. The molecule has 0 spiro atoms. The maximum atomic E-state index is 10.4. The van der Waals surface area contributed by atoms with Crippen molar-refractivity contribution in [3.05, 3.63) is 17.7 Å². The van der Waals surface area contributed by atoms with Crippen molar-refractivity contribution >= 4 is 5.97 Å². The lowest BCUT2D eigenvalue weighted by Crippen LogP contribution is -2.45. The van der Waals surface area contributed by atoms with Crippen molar-refractivity contribution in [1.29, 1.82) is 0 Å². The van der Waals surface area contributed by atoms with Gasteiger partial charge < -0.3 is 9.90 Å². The molecule has 0 N–H and O–H groups in total. The molecule has 0 atom stereocenters. The summed E-state index contributed by atoms with van der Waals surface area (Å²) in [6.45, 7) is 3.89. The molecule has 1 heterocycles. The van der Waals surface area contributed by atoms with Gasteiger partial charge in [0.2, 0.25) is 0 Å². The molecule has 0 saturated carbocycles. The highest BCUT2D eigenvalue weighted by Gasteiger charge is 2.15. The molecule has 4 nitrogen and oxygen atoms in total. The molecule has 72 valence electrons. The van der Waals surface area contributed by atoms with E-state index in [1.54, 1.807) is 4.57 Å². The topological polar surface area (TPSA) is 48.9 Å². The quantitative estimate of drug-likeness (QED) is 0.559. The van der Waals surface area contributed by atoms with Gasteiger partial charge in [-0.2, -0.15) is 0 Å². The number of aliphatic carboxylic acids is 1. The zero-order valence-electron chi connectivity index (χ0n) is 8.20. The third-order valence-electron chi connectivity index (χ3n) is 2.21. The van der Waals surface area contributed by atoms with E-state index in [1.807, 2.05) is 31.7 Å². The summed E-state index contributed by atoms with van der Waals surface area (Å²) >= 11 is 0. The Morgan fingerprint density at radius 1 is 1.69 bits per heavy atom. The summed E-state index contributed by atoms with van der Waals surface area (Å²) in [5, 5.41) is 10.4. The van der Waals surface area contributed by atoms with Crippen LogP contribution in [0.3, 0.4) is 0 Å². The van der Waals surface area contributed by atoms with Crippen molar-refractivity contribution in [3.8, 4) is 0 Å². The van der Waals surface area contributed by atoms with Gasteiger partial charge in [0.15, 0.2) is 0 Å². The molecule has 0 aliphatic carbocycles. The van der Waals surface area contributed by atoms with Crippen LogP contribution in [0, 0.1) is 6.92 Å². The number of aromatic nitrogens is 2. The molecule has 0 aliphatic heterocycles. The highest BCUT2D eigenvalue weighted by Crippen LogP contribution is 1.99. The van der Waals surface area contributed by atoms with Crippen LogP contribution in [0.15, 0.2) is 6.20 Å². The lowest BCUT2D eigenvalue weighted by Gasteiger charge is -2.00. The van der Waals surface area contributed by atoms with E-state index in [9.17, 15) is 9.90 Å². The van der Waals surface area contributed by atoms with Gasteiger partial charge in [0, 0.05) is 13.3 Å². The first-order chi connectivity index (χ1) is 6.06. The number of carbonyl (C=O) groups excluding carboxylic acids is 1. The molecule has 0 radical (unpaired) electrons. The Morgan fingerprint density at radius 2 is 2.31 bits per heavy atom. The number of aryl methyl sites for hydroxylation is 1. The van der Waals surface area contributed by atoms with Gasteiger partial charge in [0.1, 0.15) is 18.4 Å². The fraction of sp³-hybridized carbons (Fsp3) is 0.556. The van der Waals surface area contributed by atoms with Crippen LogP contribution in [-0.2, 0) is 24.8 Å². The van der Waals surface area contributed by atoms with Gasteiger partial charge in [0.25, 0.3) is 5.82 Å². The SMILES string of the molecule is CCc1n(C)c(C)c[n+]1CC(=O)[O-]. The molecule has 0 saturated heterocycles. The molecule has 0 aromatic carbocycles. The predicted octanol–water partition coefficient (Wildman–Crippen LogP) is -1.07. The minimum absolute atomic E-state index is 0.0646. The van der Waals surface area contributed by atoms with Gasteiger partial charge >= 0.3 is 0 Å². The van der Waals surface area contributed by atoms with Crippen molar-refractivity contribution < 1.29 is 14.5 Å². The summed E-state index contributed by atoms with van der Waals surface area (Å²) in [5.41, 5.74) is 1.05. The molecule has 1 aromatic heterocycles. The van der Waals surface area contributed by atoms with E-state index in [2.05, 4.69) is 0 Å². The second-order valence-corrected chi connectivity index (χ2v) is 3.10. The Bertz CT molecular complexity index is 329. The van der Waals surface area contributed by atoms with Crippen LogP contribution in [0.5, 0.6) is 0 Å². The highest BCUT2D eigenvalue weighted by molar-refractivity contribution is 5.62. The molecule has 0 unspecified atom stereocenters. The van der Waals surface area contributed by atoms with Crippen molar-refractivity contribution in [2.75, 3.05) is 0 Å². The number of hydrogen-bond donors (Lipinski definition) is 0. The number of hydrogen-bond acceptors (Lipinski definition) is 2. The molecular formula is C9H14N2O2. The van der Waals surface area contributed by atoms with Crippen molar-refractivity contribution in [3.63, 3.8) is 0 Å². The molecular weight excluding hydrogens is 168 g/mol. The Kier molecular flexibility index (Phi) is 2.70. The number of nitrogens with zero attached hydrogens (tertiary/aromatic N) is 2. The zero-order valence-corrected chi connectivity index (χ0v) is 8.20. The van der Waals surface area contributed by atoms with Gasteiger partial charge in [-0.05, 0) is 0 Å². The standard InChI is InChI=1S/C9H14N2O2/c1-4-8-10(3)7(2)5-11(8)6-9(12)13/h5H,4,6H2,1-3H3. The normalized spacial score (nSPS) is 10.4. The van der Waals surface area contributed by atoms with Crippen molar-refractivity contribution in [2.45, 2.75) is 26.8 Å². The maximum absolute atomic E-state index is 10.4. The van der Waals surface area contributed by atoms with Gasteiger partial charge in [0.05, 0.1) is 13.0 Å². The lowest BCUT2D eigenvalue weighted by molar-refractivity contribution is -0.697. The molecule has 0 aliphatic rings. The molecule has 0 amide bonds. The summed E-state index contributed by atoms with van der Waals surface area (Å²) in [4.78, 5) is 10.4. The summed E-state index contributed by atoms with van der Waals surface area (Å²) in [7, 11) is 1.93. The third-order valence-corrected chi connectivity index (χ3v) is 2.21. The minimum Gasteiger partial charge on any atom is -0.546 e. The number of carbonyl (C=O) groups is 1. The molecule has 4 heteroatoms. The van der Waals surface area contributed by atoms with E-state index in [0.717, 1.165) is 17.9 Å². The first-order valence-electron chi connectivity index (χ1n) is 4.30. The van der Waals surface area contributed by atoms with Crippen LogP contribution < -0.4 is 9.67 Å². The average Bonchev–Trinajstić information content (AvgIpc) is 2.27. The number of imidazole rings is 1. The van der Waals surface area contributed by atoms with E-state index in [0.29, 0.717) is 0 Å². The molecule has 0 fully saturated rings. The Labute approximate surface area is 77.4 Å². The van der Waals surface area contributed by atoms with Crippen LogP contribution in [-0.4, -0.2) is 10.5 Å². The third kappa shape index (κ3) is 1.88. The van der Waals surface area contributed by atoms with Crippen LogP contribution in [0.4, 0.5) is 0 Å². The summed E-state index contributed by atoms with van der Waals surface area (Å²) in [6, 6.07) is 0. The summed E-state index contributed by atoms with van der Waals surface area (Å²) in [6.07, 6.45) is 2.65. The first-order valence-corrected chi connectivity index (χ1v) is 4.30. The van der Waals surface area contributed by atoms with E-state index in [4.69, 9.17) is 0 Å². The van der Waals surface area contributed by atoms with E-state index in [1.165, 1.54) is 0 Å². The van der Waals surface area contributed by atoms with Crippen LogP contribution in [0.2, 0.25) is 0 Å². The van der Waals surface area contributed by atoms with Crippen LogP contribution in [0.1, 0.15) is 18.4 Å². The Hall–Kier alpha value is -1.32. The average molecular weight is 182 g/mol. The largest absolute Gasteiger partial charge is 0.546 e. The van der Waals surface area contributed by atoms with Gasteiger partial charge in [-0.3, -0.25) is 0 Å². The second-order valence-electron chi connectivity index (χ2n) is 3.10. The van der Waals surface area contributed by atoms with Gasteiger partial charge in [-0.1, -0.05) is 6.92 Å². The molecule has 1 rings (SSSR count). The van der Waals surface area contributed by atoms with E-state index >= 15 is 0 Å². The lowest BCUT2D eigenvalue weighted by atomic mass is 10.4. The van der Waals surface area contributed by atoms with Gasteiger partial charge in [-0.25, -0.2) is 9.13 Å². The first kappa shape index (κ1) is 9.77. The number of rotatable bonds is 3. The second kappa shape index (κ2) is 3.60. The predicted molar refractivity (Wildman–Crippen MR) is 44.7 cm³/mol. The number of carboxylic acids is 1. The van der Waals surface area contributed by atoms with Crippen LogP contribution >= 0.6 is 0 Å². The fourth-order valence-corrected chi connectivity index (χ4v) is 1.50. The van der Waals surface area contributed by atoms with Gasteiger partial charge in [-0.15, -0.1) is 0 Å². The summed E-state index contributed by atoms with van der Waals surface area (Å²) < 4.78 is 3.70. The zero-order chi connectivity index (χ0) is 10.0. The van der Waals surface area contributed by atoms with E-state index in [-0.39, 0.29) is 6.54 Å². The summed E-state index contributed by atoms with van der Waals surface area (Å²) in [5.74, 6) is -0.0491. The minimum atomic E-state index is -1.05. The molecule has 1 aromatic rings. The Balaban J connectivity index is 3.06. The smallest absolute Gasteiger partial charge is 0.256 e. The Morgan fingerprint density at radius 3 is 2.77 bits per heavy atom. The van der Waals surface area contributed by atoms with Crippen molar-refractivity contribution in [2.24, 2.45) is 7.05 Å². The number of carboxylic acid groups (broad SMARTS) is 1. The van der Waals surface area contributed by atoms with Crippen molar-refractivity contribution in [1.82, 2.24) is 4.57 Å².